The van der Waals surface area contributed by atoms with Crippen molar-refractivity contribution in [1.29, 1.82) is 0 Å². The van der Waals surface area contributed by atoms with E-state index in [0.29, 0.717) is 23.5 Å². The molecule has 0 N–H and O–H groups in total. The summed E-state index contributed by atoms with van der Waals surface area (Å²) in [4.78, 5) is 17.2. The molecular formula is C19H22N8O2Pt. The van der Waals surface area contributed by atoms with Gasteiger partial charge in [-0.1, -0.05) is 25.0 Å². The third kappa shape index (κ3) is 3.92. The topological polar surface area (TPSA) is 89.7 Å². The molecule has 0 unspecified atom stereocenters. The second kappa shape index (κ2) is 8.10. The Kier molecular flexibility index (Phi) is 5.89. The summed E-state index contributed by atoms with van der Waals surface area (Å²) in [5, 5.41) is 0. The van der Waals surface area contributed by atoms with E-state index in [-0.39, 0.29) is 21.1 Å². The Balaban J connectivity index is 0.00000256. The second-order valence-electron chi connectivity index (χ2n) is 7.40. The number of hydrogen-bond donors (Lipinski definition) is 0. The molecule has 4 rings (SSSR count). The van der Waals surface area contributed by atoms with Crippen molar-refractivity contribution in [1.82, 2.24) is 38.2 Å². The van der Waals surface area contributed by atoms with Crippen molar-refractivity contribution in [3.8, 4) is 23.5 Å². The minimum absolute atomic E-state index is 0. The molecule has 30 heavy (non-hydrogen) atoms. The fraction of sp³-hybridized carbons (Fsp3) is 0.368. The van der Waals surface area contributed by atoms with Gasteiger partial charge < -0.3 is 37.7 Å². The molecular weight excluding hydrogens is 567 g/mol. The van der Waals surface area contributed by atoms with Gasteiger partial charge in [0.25, 0.3) is 0 Å². The summed E-state index contributed by atoms with van der Waals surface area (Å²) in [5.41, 5.74) is -0.515. The van der Waals surface area contributed by atoms with Gasteiger partial charge in [0.05, 0.1) is 17.8 Å². The van der Waals surface area contributed by atoms with Crippen LogP contribution in [0, 0.1) is 12.4 Å². The van der Waals surface area contributed by atoms with Crippen molar-refractivity contribution in [3.63, 3.8) is 0 Å². The summed E-state index contributed by atoms with van der Waals surface area (Å²) in [6, 6.07) is 0. The van der Waals surface area contributed by atoms with Gasteiger partial charge in [0, 0.05) is 14.1 Å². The molecule has 4 aromatic rings. The van der Waals surface area contributed by atoms with E-state index >= 15 is 0 Å². The molecule has 0 amide bonds. The summed E-state index contributed by atoms with van der Waals surface area (Å²) in [6.45, 7) is 4.11. The summed E-state index contributed by atoms with van der Waals surface area (Å²) in [6.07, 6.45) is 12.5. The van der Waals surface area contributed by atoms with Gasteiger partial charge in [0.1, 0.15) is 23.4 Å². The number of nitrogens with zero attached hydrogens (tertiary/aromatic N) is 8. The molecule has 0 aromatic carbocycles. The van der Waals surface area contributed by atoms with Crippen LogP contribution in [0.25, 0.3) is 0 Å². The van der Waals surface area contributed by atoms with Crippen LogP contribution in [0.1, 0.15) is 25.5 Å². The third-order valence-corrected chi connectivity index (χ3v) is 4.65. The zero-order valence-corrected chi connectivity index (χ0v) is 19.8. The van der Waals surface area contributed by atoms with Gasteiger partial charge in [-0.3, -0.25) is 0 Å². The maximum atomic E-state index is 5.81. The molecule has 0 saturated heterocycles. The number of imidazole rings is 4. The number of hydrogen-bond acceptors (Lipinski definition) is 6. The van der Waals surface area contributed by atoms with E-state index in [0.717, 1.165) is 11.6 Å². The molecule has 0 radical (unpaired) electrons. The van der Waals surface area contributed by atoms with E-state index in [1.807, 2.05) is 49.7 Å². The first-order valence-corrected chi connectivity index (χ1v) is 8.97. The van der Waals surface area contributed by atoms with Crippen LogP contribution in [0.5, 0.6) is 23.5 Å². The van der Waals surface area contributed by atoms with Gasteiger partial charge >= 0.3 is 21.1 Å². The van der Waals surface area contributed by atoms with Gasteiger partial charge in [-0.05, 0) is 27.9 Å². The van der Waals surface area contributed by atoms with Gasteiger partial charge in [-0.15, -0.1) is 0 Å². The molecule has 4 heterocycles. The van der Waals surface area contributed by atoms with Crippen molar-refractivity contribution >= 4 is 0 Å². The average Bonchev–Trinajstić information content (AvgIpc) is 3.41. The SMILES string of the molecule is Cn1cn[c-]c1Oc1cn(C)c(C(C)(C)c2nc(Oc3[c-]ncn3C)cn2C)n1.[Pt+2]. The summed E-state index contributed by atoms with van der Waals surface area (Å²) < 4.78 is 18.9. The predicted octanol–water partition coefficient (Wildman–Crippen LogP) is 2.13. The summed E-state index contributed by atoms with van der Waals surface area (Å²) >= 11 is 0. The molecule has 0 saturated carbocycles. The van der Waals surface area contributed by atoms with E-state index in [9.17, 15) is 0 Å². The normalized spacial score (nSPS) is 11.4. The van der Waals surface area contributed by atoms with Crippen LogP contribution in [0.15, 0.2) is 25.0 Å². The Hall–Kier alpha value is -2.87. The van der Waals surface area contributed by atoms with E-state index in [1.54, 1.807) is 21.8 Å². The molecule has 0 aliphatic heterocycles. The van der Waals surface area contributed by atoms with Crippen LogP contribution < -0.4 is 9.47 Å². The maximum Gasteiger partial charge on any atom is 2.00 e. The van der Waals surface area contributed by atoms with Crippen LogP contribution in [0.3, 0.4) is 0 Å². The minimum Gasteiger partial charge on any atom is -0.440 e. The van der Waals surface area contributed by atoms with Crippen LogP contribution in [-0.4, -0.2) is 38.2 Å². The van der Waals surface area contributed by atoms with E-state index in [1.165, 1.54) is 0 Å². The van der Waals surface area contributed by atoms with Crippen molar-refractivity contribution in [3.05, 3.63) is 49.1 Å². The van der Waals surface area contributed by atoms with E-state index in [4.69, 9.17) is 9.47 Å². The van der Waals surface area contributed by atoms with Crippen LogP contribution >= 0.6 is 0 Å². The van der Waals surface area contributed by atoms with Crippen LogP contribution in [-0.2, 0) is 54.7 Å². The first kappa shape index (κ1) is 21.8. The molecule has 0 aliphatic carbocycles. The van der Waals surface area contributed by atoms with Gasteiger partial charge in [-0.25, -0.2) is 0 Å². The monoisotopic (exact) mass is 589 g/mol. The zero-order valence-electron chi connectivity index (χ0n) is 17.5. The first-order chi connectivity index (χ1) is 13.8. The fourth-order valence-corrected chi connectivity index (χ4v) is 3.23. The zero-order chi connectivity index (χ0) is 20.8. The second-order valence-corrected chi connectivity index (χ2v) is 7.40. The summed E-state index contributed by atoms with van der Waals surface area (Å²) in [7, 11) is 7.52. The summed E-state index contributed by atoms with van der Waals surface area (Å²) in [5.74, 6) is 3.50. The Morgan fingerprint density at radius 2 is 1.13 bits per heavy atom. The van der Waals surface area contributed by atoms with Crippen molar-refractivity contribution < 1.29 is 30.5 Å². The fourth-order valence-electron chi connectivity index (χ4n) is 3.23. The minimum atomic E-state index is -0.515. The third-order valence-electron chi connectivity index (χ3n) is 4.65. The molecule has 0 spiro atoms. The molecule has 4 aromatic heterocycles. The van der Waals surface area contributed by atoms with Crippen LogP contribution in [0.2, 0.25) is 0 Å². The average molecular weight is 590 g/mol. The van der Waals surface area contributed by atoms with Gasteiger partial charge in [0.15, 0.2) is 0 Å². The number of rotatable bonds is 6. The smallest absolute Gasteiger partial charge is 0.440 e. The van der Waals surface area contributed by atoms with Crippen LogP contribution in [0.4, 0.5) is 0 Å². The molecule has 0 aliphatic rings. The van der Waals surface area contributed by atoms with Crippen molar-refractivity contribution in [2.75, 3.05) is 0 Å². The van der Waals surface area contributed by atoms with E-state index < -0.39 is 5.41 Å². The molecule has 0 atom stereocenters. The Labute approximate surface area is 188 Å². The maximum absolute atomic E-state index is 5.81. The molecule has 0 bridgehead atoms. The quantitative estimate of drug-likeness (QED) is 0.321. The first-order valence-electron chi connectivity index (χ1n) is 8.97. The Morgan fingerprint density at radius 3 is 1.47 bits per heavy atom. The van der Waals surface area contributed by atoms with Crippen molar-refractivity contribution in [2.24, 2.45) is 28.2 Å². The molecule has 11 heteroatoms. The molecule has 160 valence electrons. The Bertz CT molecular complexity index is 1060. The number of aryl methyl sites for hydroxylation is 4. The Morgan fingerprint density at radius 1 is 0.733 bits per heavy atom. The molecule has 0 fully saturated rings. The van der Waals surface area contributed by atoms with E-state index in [2.05, 4.69) is 46.2 Å². The number of ether oxygens (including phenoxy) is 2. The van der Waals surface area contributed by atoms with Gasteiger partial charge in [-0.2, -0.15) is 9.97 Å². The molecule has 10 nitrogen and oxygen atoms in total. The largest absolute Gasteiger partial charge is 2.00 e. The standard InChI is InChI=1S/C19H22N8O2.Pt/c1-19(2,17-22-13(9-24(17)3)28-15-7-20-11-26(15)5)18-23-14(10-25(18)4)29-16-8-21-12-27(16)6;/h9-12H,1-6H3;/q-2;+2. The van der Waals surface area contributed by atoms with Crippen molar-refractivity contribution in [2.45, 2.75) is 19.3 Å². The predicted molar refractivity (Wildman–Crippen MR) is 103 cm³/mol. The number of aromatic nitrogens is 8. The van der Waals surface area contributed by atoms with Gasteiger partial charge in [0.2, 0.25) is 11.8 Å².